The molecule has 0 amide bonds. The van der Waals surface area contributed by atoms with Gasteiger partial charge in [0, 0.05) is 12.8 Å². The van der Waals surface area contributed by atoms with Crippen molar-refractivity contribution in [2.24, 2.45) is 5.41 Å². The Bertz CT molecular complexity index is 567. The molecule has 1 atom stereocenters. The summed E-state index contributed by atoms with van der Waals surface area (Å²) in [4.78, 5) is 11.3. The highest BCUT2D eigenvalue weighted by atomic mass is 16.5. The molecule has 1 aliphatic rings. The first-order valence-corrected chi connectivity index (χ1v) is 7.82. The van der Waals surface area contributed by atoms with E-state index in [2.05, 4.69) is 39.8 Å². The standard InChI is InChI=1S/C19H26O2/c1-6-15-10-16(12-17(11-15)21-14(3)20)18-13(2)8-7-9-19(18,4)5/h8,10-12,18H,6-7,9H2,1-5H3. The Hall–Kier alpha value is -1.57. The number of hydrogen-bond acceptors (Lipinski definition) is 2. The van der Waals surface area contributed by atoms with E-state index in [0.717, 1.165) is 12.8 Å². The van der Waals surface area contributed by atoms with Gasteiger partial charge in [0.1, 0.15) is 5.75 Å². The van der Waals surface area contributed by atoms with Crippen LogP contribution in [0.1, 0.15) is 64.5 Å². The minimum Gasteiger partial charge on any atom is -0.427 e. The average Bonchev–Trinajstić information content (AvgIpc) is 2.36. The van der Waals surface area contributed by atoms with Gasteiger partial charge in [-0.3, -0.25) is 4.79 Å². The smallest absolute Gasteiger partial charge is 0.308 e. The van der Waals surface area contributed by atoms with Crippen LogP contribution in [0.3, 0.4) is 0 Å². The van der Waals surface area contributed by atoms with E-state index in [1.54, 1.807) is 0 Å². The molecule has 0 spiro atoms. The molecule has 1 aliphatic carbocycles. The summed E-state index contributed by atoms with van der Waals surface area (Å²) >= 11 is 0. The van der Waals surface area contributed by atoms with Gasteiger partial charge < -0.3 is 4.74 Å². The minimum absolute atomic E-state index is 0.235. The van der Waals surface area contributed by atoms with E-state index >= 15 is 0 Å². The van der Waals surface area contributed by atoms with E-state index in [4.69, 9.17) is 4.74 Å². The number of hydrogen-bond donors (Lipinski definition) is 0. The summed E-state index contributed by atoms with van der Waals surface area (Å²) in [6, 6.07) is 6.28. The van der Waals surface area contributed by atoms with E-state index in [1.165, 1.54) is 30.0 Å². The van der Waals surface area contributed by atoms with Gasteiger partial charge in [-0.15, -0.1) is 0 Å². The Balaban J connectivity index is 2.48. The van der Waals surface area contributed by atoms with Crippen LogP contribution in [0.4, 0.5) is 0 Å². The zero-order valence-electron chi connectivity index (χ0n) is 13.8. The number of esters is 1. The van der Waals surface area contributed by atoms with Crippen molar-refractivity contribution in [3.05, 3.63) is 41.0 Å². The lowest BCUT2D eigenvalue weighted by Gasteiger charge is -2.39. The zero-order chi connectivity index (χ0) is 15.6. The van der Waals surface area contributed by atoms with E-state index in [1.807, 2.05) is 12.1 Å². The predicted molar refractivity (Wildman–Crippen MR) is 86.6 cm³/mol. The van der Waals surface area contributed by atoms with Crippen LogP contribution in [-0.2, 0) is 11.2 Å². The first-order chi connectivity index (χ1) is 9.83. The van der Waals surface area contributed by atoms with Crippen molar-refractivity contribution >= 4 is 5.97 Å². The number of aryl methyl sites for hydroxylation is 1. The normalized spacial score (nSPS) is 20.8. The number of allylic oxidation sites excluding steroid dienone is 2. The Kier molecular flexibility index (Phi) is 4.55. The van der Waals surface area contributed by atoms with E-state index in [-0.39, 0.29) is 11.4 Å². The number of carbonyl (C=O) groups is 1. The zero-order valence-corrected chi connectivity index (χ0v) is 13.8. The molecule has 0 aliphatic heterocycles. The summed E-state index contributed by atoms with van der Waals surface area (Å²) in [6.07, 6.45) is 5.63. The van der Waals surface area contributed by atoms with Gasteiger partial charge in [-0.25, -0.2) is 0 Å². The second kappa shape index (κ2) is 6.05. The molecule has 0 saturated carbocycles. The summed E-state index contributed by atoms with van der Waals surface area (Å²) in [5, 5.41) is 0. The number of rotatable bonds is 3. The van der Waals surface area contributed by atoms with Crippen LogP contribution in [0.25, 0.3) is 0 Å². The van der Waals surface area contributed by atoms with E-state index in [0.29, 0.717) is 11.7 Å². The summed E-state index contributed by atoms with van der Waals surface area (Å²) in [5.41, 5.74) is 4.15. The molecular weight excluding hydrogens is 260 g/mol. The maximum absolute atomic E-state index is 11.3. The lowest BCUT2D eigenvalue weighted by atomic mass is 9.66. The van der Waals surface area contributed by atoms with Gasteiger partial charge in [-0.05, 0) is 54.9 Å². The Morgan fingerprint density at radius 2 is 2.05 bits per heavy atom. The maximum atomic E-state index is 11.3. The molecule has 0 saturated heterocycles. The third kappa shape index (κ3) is 3.55. The van der Waals surface area contributed by atoms with Gasteiger partial charge >= 0.3 is 5.97 Å². The highest BCUT2D eigenvalue weighted by Gasteiger charge is 2.34. The van der Waals surface area contributed by atoms with Gasteiger partial charge in [0.05, 0.1) is 0 Å². The fourth-order valence-electron chi connectivity index (χ4n) is 3.55. The molecule has 0 aromatic heterocycles. The number of ether oxygens (including phenoxy) is 1. The molecule has 0 N–H and O–H groups in total. The summed E-state index contributed by atoms with van der Waals surface area (Å²) in [7, 11) is 0. The SMILES string of the molecule is CCc1cc(OC(C)=O)cc(C2C(C)=CCCC2(C)C)c1. The van der Waals surface area contributed by atoms with Crippen LogP contribution in [0.15, 0.2) is 29.8 Å². The molecule has 0 bridgehead atoms. The fourth-order valence-corrected chi connectivity index (χ4v) is 3.55. The van der Waals surface area contributed by atoms with Crippen LogP contribution in [0, 0.1) is 5.41 Å². The maximum Gasteiger partial charge on any atom is 0.308 e. The first-order valence-electron chi connectivity index (χ1n) is 7.82. The van der Waals surface area contributed by atoms with Crippen LogP contribution < -0.4 is 4.74 Å². The highest BCUT2D eigenvalue weighted by Crippen LogP contribution is 2.48. The third-order valence-electron chi connectivity index (χ3n) is 4.48. The van der Waals surface area contributed by atoms with Crippen molar-refractivity contribution < 1.29 is 9.53 Å². The second-order valence-electron chi connectivity index (χ2n) is 6.77. The molecule has 2 heteroatoms. The quantitative estimate of drug-likeness (QED) is 0.443. The Labute approximate surface area is 128 Å². The molecule has 0 heterocycles. The van der Waals surface area contributed by atoms with Crippen molar-refractivity contribution in [3.63, 3.8) is 0 Å². The largest absolute Gasteiger partial charge is 0.427 e. The average molecular weight is 286 g/mol. The van der Waals surface area contributed by atoms with Crippen molar-refractivity contribution in [1.29, 1.82) is 0 Å². The molecule has 0 radical (unpaired) electrons. The van der Waals surface area contributed by atoms with Crippen molar-refractivity contribution in [1.82, 2.24) is 0 Å². The van der Waals surface area contributed by atoms with Crippen LogP contribution in [-0.4, -0.2) is 5.97 Å². The molecule has 2 rings (SSSR count). The monoisotopic (exact) mass is 286 g/mol. The highest BCUT2D eigenvalue weighted by molar-refractivity contribution is 5.69. The lowest BCUT2D eigenvalue weighted by molar-refractivity contribution is -0.131. The fraction of sp³-hybridized carbons (Fsp3) is 0.526. The van der Waals surface area contributed by atoms with Crippen molar-refractivity contribution in [2.75, 3.05) is 0 Å². The molecule has 0 fully saturated rings. The number of benzene rings is 1. The summed E-state index contributed by atoms with van der Waals surface area (Å²) in [6.45, 7) is 10.5. The third-order valence-corrected chi connectivity index (χ3v) is 4.48. The summed E-state index contributed by atoms with van der Waals surface area (Å²) < 4.78 is 5.33. The molecule has 1 aromatic carbocycles. The van der Waals surface area contributed by atoms with Crippen LogP contribution in [0.5, 0.6) is 5.75 Å². The van der Waals surface area contributed by atoms with Crippen molar-refractivity contribution in [3.8, 4) is 5.75 Å². The minimum atomic E-state index is -0.260. The van der Waals surface area contributed by atoms with Crippen molar-refractivity contribution in [2.45, 2.75) is 59.8 Å². The van der Waals surface area contributed by atoms with E-state index in [9.17, 15) is 4.79 Å². The lowest BCUT2D eigenvalue weighted by Crippen LogP contribution is -2.26. The first kappa shape index (κ1) is 15.8. The molecule has 1 unspecified atom stereocenters. The molecule has 21 heavy (non-hydrogen) atoms. The molecule has 2 nitrogen and oxygen atoms in total. The predicted octanol–water partition coefficient (Wildman–Crippen LogP) is 5.02. The molecule has 114 valence electrons. The van der Waals surface area contributed by atoms with Gasteiger partial charge in [-0.1, -0.05) is 38.5 Å². The van der Waals surface area contributed by atoms with E-state index < -0.39 is 0 Å². The van der Waals surface area contributed by atoms with Gasteiger partial charge in [0.25, 0.3) is 0 Å². The Morgan fingerprint density at radius 3 is 2.62 bits per heavy atom. The Morgan fingerprint density at radius 1 is 1.33 bits per heavy atom. The number of carbonyl (C=O) groups excluding carboxylic acids is 1. The van der Waals surface area contributed by atoms with Gasteiger partial charge in [0.2, 0.25) is 0 Å². The van der Waals surface area contributed by atoms with Crippen LogP contribution in [0.2, 0.25) is 0 Å². The topological polar surface area (TPSA) is 26.3 Å². The van der Waals surface area contributed by atoms with Gasteiger partial charge in [0.15, 0.2) is 0 Å². The van der Waals surface area contributed by atoms with Gasteiger partial charge in [-0.2, -0.15) is 0 Å². The van der Waals surface area contributed by atoms with Crippen LogP contribution >= 0.6 is 0 Å². The second-order valence-corrected chi connectivity index (χ2v) is 6.77. The summed E-state index contributed by atoms with van der Waals surface area (Å²) in [5.74, 6) is 0.808. The molecule has 1 aromatic rings. The molecular formula is C19H26O2.